The minimum atomic E-state index is -1.06. The summed E-state index contributed by atoms with van der Waals surface area (Å²) in [6, 6.07) is -1.60. The summed E-state index contributed by atoms with van der Waals surface area (Å²) in [7, 11) is 1.19. The molecule has 20 heavy (non-hydrogen) atoms. The van der Waals surface area contributed by atoms with Gasteiger partial charge < -0.3 is 26.0 Å². The number of carboxylic acid groups (broad SMARTS) is 2. The summed E-state index contributed by atoms with van der Waals surface area (Å²) in [6.45, 7) is 6.96. The zero-order valence-corrected chi connectivity index (χ0v) is 12.4. The second kappa shape index (κ2) is 10.0. The van der Waals surface area contributed by atoms with E-state index in [1.54, 1.807) is 27.7 Å². The first-order chi connectivity index (χ1) is 9.04. The van der Waals surface area contributed by atoms with Crippen molar-refractivity contribution in [1.29, 1.82) is 0 Å². The predicted molar refractivity (Wildman–Crippen MR) is 72.3 cm³/mol. The lowest BCUT2D eigenvalue weighted by Crippen LogP contribution is -2.44. The summed E-state index contributed by atoms with van der Waals surface area (Å²) in [4.78, 5) is 31.2. The Bertz CT molecular complexity index is 330. The highest BCUT2D eigenvalue weighted by atomic mass is 16.5. The number of alkyl carbamates (subject to hydrolysis) is 1. The number of rotatable bonds is 5. The molecule has 5 N–H and O–H groups in total. The van der Waals surface area contributed by atoms with Crippen LogP contribution < -0.4 is 11.1 Å². The van der Waals surface area contributed by atoms with Crippen molar-refractivity contribution in [2.75, 3.05) is 7.11 Å². The molecular formula is C12H24N2O6. The van der Waals surface area contributed by atoms with Crippen LogP contribution >= 0.6 is 0 Å². The van der Waals surface area contributed by atoms with Crippen molar-refractivity contribution in [1.82, 2.24) is 5.32 Å². The van der Waals surface area contributed by atoms with Crippen molar-refractivity contribution in [3.8, 4) is 0 Å². The highest BCUT2D eigenvalue weighted by Crippen LogP contribution is 2.01. The molecule has 0 radical (unpaired) electrons. The Morgan fingerprint density at radius 1 is 1.00 bits per heavy atom. The third-order valence-corrected chi connectivity index (χ3v) is 2.39. The molecule has 0 fully saturated rings. The molecule has 1 amide bonds. The molecule has 0 aromatic rings. The van der Waals surface area contributed by atoms with Crippen LogP contribution in [0.5, 0.6) is 0 Å². The molecule has 0 heterocycles. The third kappa shape index (κ3) is 9.15. The molecule has 0 aliphatic carbocycles. The van der Waals surface area contributed by atoms with E-state index in [4.69, 9.17) is 15.9 Å². The maximum Gasteiger partial charge on any atom is 0.407 e. The van der Waals surface area contributed by atoms with Crippen molar-refractivity contribution in [2.24, 2.45) is 17.6 Å². The average molecular weight is 292 g/mol. The Morgan fingerprint density at radius 2 is 1.45 bits per heavy atom. The van der Waals surface area contributed by atoms with Crippen molar-refractivity contribution in [3.05, 3.63) is 0 Å². The predicted octanol–water partition coefficient (Wildman–Crippen LogP) is 0.506. The van der Waals surface area contributed by atoms with Crippen molar-refractivity contribution in [2.45, 2.75) is 39.8 Å². The summed E-state index contributed by atoms with van der Waals surface area (Å²) < 4.78 is 4.27. The van der Waals surface area contributed by atoms with E-state index < -0.39 is 30.1 Å². The van der Waals surface area contributed by atoms with Gasteiger partial charge in [-0.2, -0.15) is 0 Å². The number of carboxylic acids is 2. The largest absolute Gasteiger partial charge is 0.480 e. The molecule has 0 aliphatic heterocycles. The van der Waals surface area contributed by atoms with E-state index in [1.165, 1.54) is 7.11 Å². The fourth-order valence-electron chi connectivity index (χ4n) is 0.985. The number of carbonyl (C=O) groups excluding carboxylic acids is 1. The van der Waals surface area contributed by atoms with Crippen LogP contribution in [0.2, 0.25) is 0 Å². The summed E-state index contributed by atoms with van der Waals surface area (Å²) in [5, 5.41) is 19.1. The maximum atomic E-state index is 10.6. The highest BCUT2D eigenvalue weighted by molar-refractivity contribution is 5.80. The first kappa shape index (κ1) is 20.5. The molecule has 0 bridgehead atoms. The lowest BCUT2D eigenvalue weighted by molar-refractivity contribution is -0.141. The molecule has 8 nitrogen and oxygen atoms in total. The van der Waals surface area contributed by atoms with Gasteiger partial charge in [-0.05, 0) is 11.8 Å². The Hall–Kier alpha value is -1.83. The molecule has 118 valence electrons. The Kier molecular flexibility index (Phi) is 10.3. The second-order valence-corrected chi connectivity index (χ2v) is 4.80. The number of nitrogens with two attached hydrogens (primary N) is 1. The topological polar surface area (TPSA) is 139 Å². The van der Waals surface area contributed by atoms with Crippen LogP contribution in [-0.4, -0.2) is 47.4 Å². The Labute approximate surface area is 118 Å². The van der Waals surface area contributed by atoms with Gasteiger partial charge in [0, 0.05) is 0 Å². The molecule has 0 saturated heterocycles. The molecule has 2 unspecified atom stereocenters. The van der Waals surface area contributed by atoms with Gasteiger partial charge in [0.2, 0.25) is 0 Å². The number of carbonyl (C=O) groups is 3. The van der Waals surface area contributed by atoms with Crippen LogP contribution in [0.15, 0.2) is 0 Å². The monoisotopic (exact) mass is 292 g/mol. The molecule has 2 atom stereocenters. The van der Waals surface area contributed by atoms with E-state index in [-0.39, 0.29) is 11.8 Å². The number of amides is 1. The number of aliphatic carboxylic acids is 2. The van der Waals surface area contributed by atoms with E-state index in [9.17, 15) is 14.4 Å². The number of hydrogen-bond donors (Lipinski definition) is 4. The molecule has 8 heteroatoms. The van der Waals surface area contributed by atoms with Crippen LogP contribution in [0, 0.1) is 11.8 Å². The number of hydrogen-bond acceptors (Lipinski definition) is 5. The lowest BCUT2D eigenvalue weighted by atomic mass is 10.1. The molecule has 0 spiro atoms. The van der Waals surface area contributed by atoms with Gasteiger partial charge in [0.1, 0.15) is 12.1 Å². The highest BCUT2D eigenvalue weighted by Gasteiger charge is 2.23. The van der Waals surface area contributed by atoms with E-state index in [1.807, 2.05) is 0 Å². The van der Waals surface area contributed by atoms with Gasteiger partial charge >= 0.3 is 18.0 Å². The minimum Gasteiger partial charge on any atom is -0.480 e. The quantitative estimate of drug-likeness (QED) is 0.578. The lowest BCUT2D eigenvalue weighted by Gasteiger charge is -2.16. The Balaban J connectivity index is 0. The van der Waals surface area contributed by atoms with Crippen molar-refractivity contribution < 1.29 is 29.3 Å². The minimum absolute atomic E-state index is 0.0208. The normalized spacial score (nSPS) is 13.0. The first-order valence-corrected chi connectivity index (χ1v) is 6.10. The second-order valence-electron chi connectivity index (χ2n) is 4.80. The number of ether oxygens (including phenoxy) is 1. The van der Waals surface area contributed by atoms with Crippen LogP contribution in [0.1, 0.15) is 27.7 Å². The van der Waals surface area contributed by atoms with Crippen LogP contribution in [0.4, 0.5) is 4.79 Å². The smallest absolute Gasteiger partial charge is 0.407 e. The summed E-state index contributed by atoms with van der Waals surface area (Å²) in [5.74, 6) is -2.13. The van der Waals surface area contributed by atoms with Gasteiger partial charge in [-0.3, -0.25) is 4.79 Å². The zero-order chi connectivity index (χ0) is 16.5. The van der Waals surface area contributed by atoms with E-state index >= 15 is 0 Å². The molecule has 0 aliphatic rings. The fourth-order valence-corrected chi connectivity index (χ4v) is 0.985. The first-order valence-electron chi connectivity index (χ1n) is 6.10. The van der Waals surface area contributed by atoms with Gasteiger partial charge in [0.25, 0.3) is 0 Å². The summed E-state index contributed by atoms with van der Waals surface area (Å²) in [5.41, 5.74) is 5.16. The van der Waals surface area contributed by atoms with Gasteiger partial charge in [-0.1, -0.05) is 27.7 Å². The van der Waals surface area contributed by atoms with E-state index in [0.717, 1.165) is 0 Å². The molecule has 0 saturated carbocycles. The van der Waals surface area contributed by atoms with Gasteiger partial charge in [0.05, 0.1) is 7.11 Å². The van der Waals surface area contributed by atoms with Crippen LogP contribution in [-0.2, 0) is 14.3 Å². The van der Waals surface area contributed by atoms with Crippen LogP contribution in [0.25, 0.3) is 0 Å². The van der Waals surface area contributed by atoms with Crippen molar-refractivity contribution >= 4 is 18.0 Å². The standard InChI is InChI=1S/C7H13NO4.C5H11NO2/c1-4(2)5(6(9)10)8-7(11)12-3;1-3(2)4(6)5(7)8/h4-5H,1-3H3,(H,8,11)(H,9,10);3-4H,6H2,1-2H3,(H,7,8). The third-order valence-electron chi connectivity index (χ3n) is 2.39. The van der Waals surface area contributed by atoms with Gasteiger partial charge in [-0.25, -0.2) is 9.59 Å². The molecule has 0 aromatic heterocycles. The Morgan fingerprint density at radius 3 is 1.60 bits per heavy atom. The number of methoxy groups -OCH3 is 1. The van der Waals surface area contributed by atoms with Gasteiger partial charge in [-0.15, -0.1) is 0 Å². The van der Waals surface area contributed by atoms with Crippen LogP contribution in [0.3, 0.4) is 0 Å². The summed E-state index contributed by atoms with van der Waals surface area (Å²) in [6.07, 6.45) is -0.726. The fraction of sp³-hybridized carbons (Fsp3) is 0.750. The maximum absolute atomic E-state index is 10.6. The van der Waals surface area contributed by atoms with Crippen molar-refractivity contribution in [3.63, 3.8) is 0 Å². The number of nitrogens with one attached hydrogen (secondary N) is 1. The average Bonchev–Trinajstić information content (AvgIpc) is 2.34. The SMILES string of the molecule is CC(C)C(N)C(=O)O.COC(=O)NC(C(=O)O)C(C)C. The molecule has 0 aromatic carbocycles. The molecular weight excluding hydrogens is 268 g/mol. The zero-order valence-electron chi connectivity index (χ0n) is 12.4. The van der Waals surface area contributed by atoms with E-state index in [0.29, 0.717) is 0 Å². The molecule has 0 rings (SSSR count). The van der Waals surface area contributed by atoms with E-state index in [2.05, 4.69) is 10.1 Å². The summed E-state index contributed by atoms with van der Waals surface area (Å²) >= 11 is 0. The van der Waals surface area contributed by atoms with Gasteiger partial charge in [0.15, 0.2) is 0 Å².